The number of fused-ring (bicyclic) bond motifs is 1. The van der Waals surface area contributed by atoms with E-state index in [1.54, 1.807) is 18.2 Å². The van der Waals surface area contributed by atoms with Crippen LogP contribution in [-0.2, 0) is 6.42 Å². The minimum atomic E-state index is -0.217. The number of hydrogen-bond donors (Lipinski definition) is 1. The summed E-state index contributed by atoms with van der Waals surface area (Å²) in [5, 5.41) is 9.70. The monoisotopic (exact) mass is 350 g/mol. The summed E-state index contributed by atoms with van der Waals surface area (Å²) in [5.74, 6) is 1.02. The Morgan fingerprint density at radius 1 is 1.48 bits per heavy atom. The van der Waals surface area contributed by atoms with Crippen molar-refractivity contribution in [2.45, 2.75) is 13.3 Å². The topological polar surface area (TPSA) is 68.5 Å². The first-order valence-corrected chi connectivity index (χ1v) is 8.25. The van der Waals surface area contributed by atoms with Gasteiger partial charge in [0.2, 0.25) is 4.96 Å². The molecule has 0 aliphatic carbocycles. The number of hydrogen-bond acceptors (Lipinski definition) is 5. The first kappa shape index (κ1) is 15.8. The molecule has 2 aromatic heterocycles. The molecule has 120 valence electrons. The van der Waals surface area contributed by atoms with Crippen molar-refractivity contribution < 1.29 is 9.53 Å². The van der Waals surface area contributed by atoms with Gasteiger partial charge in [-0.1, -0.05) is 11.6 Å². The number of amides is 1. The lowest BCUT2D eigenvalue weighted by molar-refractivity contribution is 0.0951. The number of thiazole rings is 1. The number of ether oxygens (including phenoxy) is 1. The van der Waals surface area contributed by atoms with Crippen molar-refractivity contribution in [3.8, 4) is 5.75 Å². The van der Waals surface area contributed by atoms with Gasteiger partial charge in [-0.15, -0.1) is 11.3 Å². The summed E-state index contributed by atoms with van der Waals surface area (Å²) in [7, 11) is 1.52. The zero-order valence-electron chi connectivity index (χ0n) is 12.7. The Kier molecular flexibility index (Phi) is 4.49. The molecule has 3 rings (SSSR count). The molecule has 0 aliphatic rings. The molecule has 3 aromatic rings. The zero-order chi connectivity index (χ0) is 16.4. The largest absolute Gasteiger partial charge is 0.496 e. The molecule has 1 amide bonds. The normalized spacial score (nSPS) is 10.9. The Bertz CT molecular complexity index is 858. The first-order valence-electron chi connectivity index (χ1n) is 7.00. The van der Waals surface area contributed by atoms with E-state index in [2.05, 4.69) is 15.4 Å². The molecule has 0 radical (unpaired) electrons. The third-order valence-corrected chi connectivity index (χ3v) is 4.43. The molecule has 8 heteroatoms. The lowest BCUT2D eigenvalue weighted by Crippen LogP contribution is -2.26. The second-order valence-corrected chi connectivity index (χ2v) is 6.20. The van der Waals surface area contributed by atoms with E-state index in [4.69, 9.17) is 16.3 Å². The quantitative estimate of drug-likeness (QED) is 0.768. The second-order valence-electron chi connectivity index (χ2n) is 4.93. The van der Waals surface area contributed by atoms with Gasteiger partial charge in [0.25, 0.3) is 5.91 Å². The molecule has 1 N–H and O–H groups in total. The number of rotatable bonds is 5. The van der Waals surface area contributed by atoms with E-state index < -0.39 is 0 Å². The van der Waals surface area contributed by atoms with Crippen molar-refractivity contribution in [2.24, 2.45) is 0 Å². The second kappa shape index (κ2) is 6.55. The van der Waals surface area contributed by atoms with Gasteiger partial charge in [-0.25, -0.2) is 9.50 Å². The summed E-state index contributed by atoms with van der Waals surface area (Å²) in [5.41, 5.74) is 1.44. The number of carbonyl (C=O) groups excluding carboxylic acids is 1. The Hall–Kier alpha value is -2.12. The van der Waals surface area contributed by atoms with Gasteiger partial charge in [0.15, 0.2) is 0 Å². The fourth-order valence-corrected chi connectivity index (χ4v) is 3.33. The van der Waals surface area contributed by atoms with E-state index in [-0.39, 0.29) is 5.91 Å². The third-order valence-electron chi connectivity index (χ3n) is 3.33. The van der Waals surface area contributed by atoms with Crippen LogP contribution in [0.1, 0.15) is 21.9 Å². The number of nitrogens with zero attached hydrogens (tertiary/aromatic N) is 3. The van der Waals surface area contributed by atoms with Gasteiger partial charge >= 0.3 is 0 Å². The summed E-state index contributed by atoms with van der Waals surface area (Å²) in [6.07, 6.45) is 0.664. The van der Waals surface area contributed by atoms with Crippen molar-refractivity contribution in [3.05, 3.63) is 45.7 Å². The SMILES string of the molecule is COc1ccc(Cl)cc1C(=O)NCCc1csc2nc(C)nn12. The number of methoxy groups -OCH3 is 1. The molecule has 0 saturated carbocycles. The van der Waals surface area contributed by atoms with Crippen LogP contribution in [0.2, 0.25) is 5.02 Å². The van der Waals surface area contributed by atoms with Crippen LogP contribution in [0.25, 0.3) is 4.96 Å². The molecule has 0 atom stereocenters. The first-order chi connectivity index (χ1) is 11.1. The van der Waals surface area contributed by atoms with Crippen molar-refractivity contribution in [2.75, 3.05) is 13.7 Å². The predicted molar refractivity (Wildman–Crippen MR) is 89.6 cm³/mol. The summed E-state index contributed by atoms with van der Waals surface area (Å²) < 4.78 is 7.01. The predicted octanol–water partition coefficient (Wildman–Crippen LogP) is 2.73. The van der Waals surface area contributed by atoms with Crippen LogP contribution in [0.4, 0.5) is 0 Å². The van der Waals surface area contributed by atoms with E-state index in [9.17, 15) is 4.79 Å². The highest BCUT2D eigenvalue weighted by atomic mass is 35.5. The molecule has 0 spiro atoms. The molecule has 0 saturated heterocycles. The van der Waals surface area contributed by atoms with E-state index in [1.165, 1.54) is 18.4 Å². The molecule has 0 fully saturated rings. The van der Waals surface area contributed by atoms with Crippen LogP contribution in [-0.4, -0.2) is 34.2 Å². The zero-order valence-corrected chi connectivity index (χ0v) is 14.2. The third kappa shape index (κ3) is 3.30. The maximum atomic E-state index is 12.3. The van der Waals surface area contributed by atoms with Crippen molar-refractivity contribution in [3.63, 3.8) is 0 Å². The van der Waals surface area contributed by atoms with Crippen LogP contribution in [0.15, 0.2) is 23.6 Å². The number of nitrogens with one attached hydrogen (secondary N) is 1. The number of aryl methyl sites for hydroxylation is 1. The van der Waals surface area contributed by atoms with Crippen molar-refractivity contribution in [1.82, 2.24) is 19.9 Å². The number of carbonyl (C=O) groups is 1. The van der Waals surface area contributed by atoms with E-state index in [0.717, 1.165) is 16.5 Å². The number of aromatic nitrogens is 3. The molecule has 1 aromatic carbocycles. The maximum absolute atomic E-state index is 12.3. The van der Waals surface area contributed by atoms with Gasteiger partial charge in [0, 0.05) is 23.4 Å². The van der Waals surface area contributed by atoms with Crippen LogP contribution in [0.3, 0.4) is 0 Å². The lowest BCUT2D eigenvalue weighted by Gasteiger charge is -2.09. The van der Waals surface area contributed by atoms with E-state index in [1.807, 2.05) is 16.8 Å². The van der Waals surface area contributed by atoms with E-state index in [0.29, 0.717) is 29.3 Å². The van der Waals surface area contributed by atoms with Gasteiger partial charge < -0.3 is 10.1 Å². The fourth-order valence-electron chi connectivity index (χ4n) is 2.25. The highest BCUT2D eigenvalue weighted by Gasteiger charge is 2.13. The average Bonchev–Trinajstić information content (AvgIpc) is 3.07. The number of halogens is 1. The van der Waals surface area contributed by atoms with Crippen molar-refractivity contribution >= 4 is 33.8 Å². The summed E-state index contributed by atoms with van der Waals surface area (Å²) in [6.45, 7) is 2.34. The Balaban J connectivity index is 1.66. The number of benzene rings is 1. The smallest absolute Gasteiger partial charge is 0.255 e. The van der Waals surface area contributed by atoms with Gasteiger partial charge in [0.1, 0.15) is 11.6 Å². The molecule has 2 heterocycles. The molecule has 23 heavy (non-hydrogen) atoms. The van der Waals surface area contributed by atoms with Crippen LogP contribution in [0.5, 0.6) is 5.75 Å². The molecular formula is C15H15ClN4O2S. The van der Waals surface area contributed by atoms with Crippen LogP contribution in [0, 0.1) is 6.92 Å². The summed E-state index contributed by atoms with van der Waals surface area (Å²) in [4.78, 5) is 17.5. The minimum absolute atomic E-state index is 0.217. The molecular weight excluding hydrogens is 336 g/mol. The Morgan fingerprint density at radius 2 is 2.30 bits per heavy atom. The Morgan fingerprint density at radius 3 is 3.09 bits per heavy atom. The minimum Gasteiger partial charge on any atom is -0.496 e. The van der Waals surface area contributed by atoms with Gasteiger partial charge in [-0.3, -0.25) is 4.79 Å². The van der Waals surface area contributed by atoms with Crippen molar-refractivity contribution in [1.29, 1.82) is 0 Å². The van der Waals surface area contributed by atoms with Gasteiger partial charge in [-0.2, -0.15) is 5.10 Å². The highest BCUT2D eigenvalue weighted by Crippen LogP contribution is 2.22. The summed E-state index contributed by atoms with van der Waals surface area (Å²) in [6, 6.07) is 4.96. The Labute approximate surface area is 142 Å². The summed E-state index contributed by atoms with van der Waals surface area (Å²) >= 11 is 7.49. The molecule has 0 unspecified atom stereocenters. The lowest BCUT2D eigenvalue weighted by atomic mass is 10.2. The van der Waals surface area contributed by atoms with Crippen LogP contribution >= 0.6 is 22.9 Å². The highest BCUT2D eigenvalue weighted by molar-refractivity contribution is 7.15. The molecule has 6 nitrogen and oxygen atoms in total. The van der Waals surface area contributed by atoms with Gasteiger partial charge in [0.05, 0.1) is 18.4 Å². The van der Waals surface area contributed by atoms with E-state index >= 15 is 0 Å². The van der Waals surface area contributed by atoms with Crippen LogP contribution < -0.4 is 10.1 Å². The maximum Gasteiger partial charge on any atom is 0.255 e. The standard InChI is InChI=1S/C15H15ClN4O2S/c1-9-18-15-20(19-9)11(8-23-15)5-6-17-14(21)12-7-10(16)3-4-13(12)22-2/h3-4,7-8H,5-6H2,1-2H3,(H,17,21). The molecule has 0 bridgehead atoms. The fraction of sp³-hybridized carbons (Fsp3) is 0.267. The average molecular weight is 351 g/mol. The molecule has 0 aliphatic heterocycles. The van der Waals surface area contributed by atoms with Gasteiger partial charge in [-0.05, 0) is 25.1 Å².